The lowest BCUT2D eigenvalue weighted by Gasteiger charge is -2.19. The number of nitrogens with two attached hydrogens (primary N) is 1. The number of halogens is 3. The summed E-state index contributed by atoms with van der Waals surface area (Å²) in [6, 6.07) is 8.40. The summed E-state index contributed by atoms with van der Waals surface area (Å²) < 4.78 is 2.33. The van der Waals surface area contributed by atoms with Crippen LogP contribution in [-0.2, 0) is 0 Å². The van der Waals surface area contributed by atoms with Crippen LogP contribution in [0.2, 0.25) is 10.0 Å². The average molecular weight is 413 g/mol. The third-order valence-corrected chi connectivity index (χ3v) is 4.97. The van der Waals surface area contributed by atoms with Crippen LogP contribution in [0, 0.1) is 0 Å². The normalized spacial score (nSPS) is 12.5. The Hall–Kier alpha value is -1.56. The van der Waals surface area contributed by atoms with Crippen molar-refractivity contribution in [2.75, 3.05) is 5.73 Å². The highest BCUT2D eigenvalue weighted by Gasteiger charge is 2.17. The first-order chi connectivity index (χ1) is 10.9. The first-order valence-electron chi connectivity index (χ1n) is 6.79. The van der Waals surface area contributed by atoms with Crippen molar-refractivity contribution in [3.05, 3.63) is 67.0 Å². The van der Waals surface area contributed by atoms with Crippen LogP contribution in [0.4, 0.5) is 5.69 Å². The Labute approximate surface area is 151 Å². The van der Waals surface area contributed by atoms with E-state index in [1.54, 1.807) is 34.9 Å². The van der Waals surface area contributed by atoms with Crippen molar-refractivity contribution in [1.29, 1.82) is 0 Å². The number of hydrogen-bond acceptors (Lipinski definition) is 3. The maximum Gasteiger partial charge on any atom is 0.270 e. The number of fused-ring (bicyclic) bond motifs is 1. The molecular formula is C16H12BrCl2N3O. The van der Waals surface area contributed by atoms with Gasteiger partial charge in [0.2, 0.25) is 0 Å². The molecule has 2 aromatic carbocycles. The molecule has 0 fully saturated rings. The van der Waals surface area contributed by atoms with Crippen molar-refractivity contribution in [1.82, 2.24) is 9.55 Å². The molecule has 1 atom stereocenters. The smallest absolute Gasteiger partial charge is 0.270 e. The zero-order valence-corrected chi connectivity index (χ0v) is 15.2. The van der Waals surface area contributed by atoms with E-state index in [0.717, 1.165) is 5.56 Å². The molecule has 0 unspecified atom stereocenters. The van der Waals surface area contributed by atoms with Gasteiger partial charge in [-0.15, -0.1) is 0 Å². The number of aromatic nitrogens is 2. The molecular weight excluding hydrogens is 401 g/mol. The molecule has 7 heteroatoms. The van der Waals surface area contributed by atoms with E-state index < -0.39 is 0 Å². The van der Waals surface area contributed by atoms with Crippen LogP contribution in [0.3, 0.4) is 0 Å². The molecule has 3 aromatic rings. The Morgan fingerprint density at radius 3 is 2.74 bits per heavy atom. The predicted molar refractivity (Wildman–Crippen MR) is 98.4 cm³/mol. The van der Waals surface area contributed by atoms with E-state index in [4.69, 9.17) is 28.9 Å². The topological polar surface area (TPSA) is 60.9 Å². The van der Waals surface area contributed by atoms with Crippen LogP contribution >= 0.6 is 39.1 Å². The largest absolute Gasteiger partial charge is 0.398 e. The van der Waals surface area contributed by atoms with E-state index in [9.17, 15) is 4.79 Å². The SMILES string of the molecule is C[C@@H](c1cc(Cl)ccc1Cl)n1c(=O)cnc2cc(N)c(Br)cc21. The number of nitrogens with zero attached hydrogens (tertiary/aromatic N) is 2. The fourth-order valence-corrected chi connectivity index (χ4v) is 3.33. The zero-order chi connectivity index (χ0) is 16.7. The van der Waals surface area contributed by atoms with E-state index in [1.165, 1.54) is 6.20 Å². The lowest BCUT2D eigenvalue weighted by molar-refractivity contribution is 0.635. The van der Waals surface area contributed by atoms with Gasteiger partial charge in [0, 0.05) is 20.2 Å². The molecule has 0 spiro atoms. The van der Waals surface area contributed by atoms with Gasteiger partial charge in [0.25, 0.3) is 5.56 Å². The summed E-state index contributed by atoms with van der Waals surface area (Å²) >= 11 is 15.7. The van der Waals surface area contributed by atoms with Gasteiger partial charge in [-0.1, -0.05) is 23.2 Å². The molecule has 0 amide bonds. The standard InChI is InChI=1S/C16H12BrCl2N3O/c1-8(10-4-9(18)2-3-12(10)19)22-15-5-11(17)13(20)6-14(15)21-7-16(22)23/h2-8H,20H2,1H3/t8-/m0/s1. The maximum atomic E-state index is 12.4. The molecule has 2 N–H and O–H groups in total. The molecule has 0 saturated heterocycles. The molecule has 4 nitrogen and oxygen atoms in total. The molecule has 0 radical (unpaired) electrons. The molecule has 0 aliphatic heterocycles. The van der Waals surface area contributed by atoms with Gasteiger partial charge in [0.1, 0.15) is 0 Å². The first-order valence-corrected chi connectivity index (χ1v) is 8.34. The lowest BCUT2D eigenvalue weighted by atomic mass is 10.1. The minimum atomic E-state index is -0.310. The van der Waals surface area contributed by atoms with Crippen LogP contribution in [0.25, 0.3) is 11.0 Å². The quantitative estimate of drug-likeness (QED) is 0.622. The van der Waals surface area contributed by atoms with Crippen molar-refractivity contribution in [3.8, 4) is 0 Å². The molecule has 1 heterocycles. The molecule has 0 bridgehead atoms. The number of hydrogen-bond donors (Lipinski definition) is 1. The predicted octanol–water partition coefficient (Wildman–Crippen LogP) is 4.66. The Kier molecular flexibility index (Phi) is 4.36. The van der Waals surface area contributed by atoms with E-state index in [2.05, 4.69) is 20.9 Å². The van der Waals surface area contributed by atoms with E-state index >= 15 is 0 Å². The monoisotopic (exact) mass is 411 g/mol. The number of rotatable bonds is 2. The summed E-state index contributed by atoms with van der Waals surface area (Å²) in [5, 5.41) is 1.11. The summed E-state index contributed by atoms with van der Waals surface area (Å²) in [5.74, 6) is 0. The Bertz CT molecular complexity index is 971. The number of nitrogen functional groups attached to an aromatic ring is 1. The van der Waals surface area contributed by atoms with E-state index in [-0.39, 0.29) is 11.6 Å². The summed E-state index contributed by atoms with van der Waals surface area (Å²) in [7, 11) is 0. The summed E-state index contributed by atoms with van der Waals surface area (Å²) in [6.07, 6.45) is 1.28. The van der Waals surface area contributed by atoms with Crippen molar-refractivity contribution in [2.24, 2.45) is 0 Å². The van der Waals surface area contributed by atoms with Crippen molar-refractivity contribution < 1.29 is 0 Å². The van der Waals surface area contributed by atoms with Gasteiger partial charge in [-0.2, -0.15) is 0 Å². The minimum Gasteiger partial charge on any atom is -0.398 e. The Morgan fingerprint density at radius 2 is 2.00 bits per heavy atom. The lowest BCUT2D eigenvalue weighted by Crippen LogP contribution is -2.24. The second kappa shape index (κ2) is 6.15. The third-order valence-electron chi connectivity index (χ3n) is 3.70. The highest BCUT2D eigenvalue weighted by Crippen LogP contribution is 2.31. The van der Waals surface area contributed by atoms with Gasteiger partial charge in [-0.25, -0.2) is 4.98 Å². The number of anilines is 1. The van der Waals surface area contributed by atoms with Crippen molar-refractivity contribution >= 4 is 55.9 Å². The molecule has 0 saturated carbocycles. The maximum absolute atomic E-state index is 12.4. The van der Waals surface area contributed by atoms with Crippen LogP contribution in [0.15, 0.2) is 45.8 Å². The van der Waals surface area contributed by atoms with Crippen LogP contribution in [0.1, 0.15) is 18.5 Å². The molecule has 118 valence electrons. The van der Waals surface area contributed by atoms with Gasteiger partial charge in [-0.05, 0) is 58.7 Å². The van der Waals surface area contributed by atoms with Gasteiger partial charge in [0.05, 0.1) is 23.3 Å². The van der Waals surface area contributed by atoms with Crippen molar-refractivity contribution in [3.63, 3.8) is 0 Å². The third kappa shape index (κ3) is 2.96. The fraction of sp³-hybridized carbons (Fsp3) is 0.125. The summed E-state index contributed by atoms with van der Waals surface area (Å²) in [4.78, 5) is 16.6. The van der Waals surface area contributed by atoms with Gasteiger partial charge in [0.15, 0.2) is 0 Å². The fourth-order valence-electron chi connectivity index (χ4n) is 2.54. The molecule has 1 aromatic heterocycles. The molecule has 0 aliphatic rings. The van der Waals surface area contributed by atoms with Gasteiger partial charge < -0.3 is 5.73 Å². The highest BCUT2D eigenvalue weighted by molar-refractivity contribution is 9.10. The molecule has 3 rings (SSSR count). The molecule has 0 aliphatic carbocycles. The summed E-state index contributed by atoms with van der Waals surface area (Å²) in [6.45, 7) is 1.89. The second-order valence-corrected chi connectivity index (χ2v) is 6.87. The average Bonchev–Trinajstić information content (AvgIpc) is 2.51. The zero-order valence-electron chi connectivity index (χ0n) is 12.1. The van der Waals surface area contributed by atoms with Crippen LogP contribution in [0.5, 0.6) is 0 Å². The van der Waals surface area contributed by atoms with E-state index in [1.807, 2.05) is 6.92 Å². The highest BCUT2D eigenvalue weighted by atomic mass is 79.9. The van der Waals surface area contributed by atoms with E-state index in [0.29, 0.717) is 31.2 Å². The van der Waals surface area contributed by atoms with Gasteiger partial charge >= 0.3 is 0 Å². The van der Waals surface area contributed by atoms with Gasteiger partial charge in [-0.3, -0.25) is 9.36 Å². The number of benzene rings is 2. The van der Waals surface area contributed by atoms with Crippen LogP contribution < -0.4 is 11.3 Å². The van der Waals surface area contributed by atoms with Crippen molar-refractivity contribution in [2.45, 2.75) is 13.0 Å². The Balaban J connectivity index is 2.30. The minimum absolute atomic E-state index is 0.224. The summed E-state index contributed by atoms with van der Waals surface area (Å²) in [5.41, 5.74) is 8.30. The molecule has 23 heavy (non-hydrogen) atoms. The van der Waals surface area contributed by atoms with Crippen LogP contribution in [-0.4, -0.2) is 9.55 Å². The Morgan fingerprint density at radius 1 is 1.26 bits per heavy atom. The second-order valence-electron chi connectivity index (χ2n) is 5.17. The first kappa shape index (κ1) is 16.3.